The van der Waals surface area contributed by atoms with Crippen LogP contribution in [0.4, 0.5) is 5.95 Å². The van der Waals surface area contributed by atoms with Crippen LogP contribution in [0.25, 0.3) is 10.2 Å². The van der Waals surface area contributed by atoms with E-state index in [1.54, 1.807) is 0 Å². The molecule has 0 aromatic carbocycles. The number of nitrogens with zero attached hydrogens (tertiary/aromatic N) is 4. The fourth-order valence-electron chi connectivity index (χ4n) is 5.46. The van der Waals surface area contributed by atoms with Gasteiger partial charge in [0.15, 0.2) is 0 Å². The molecule has 0 radical (unpaired) electrons. The van der Waals surface area contributed by atoms with Crippen LogP contribution in [0.2, 0.25) is 0 Å². The lowest BCUT2D eigenvalue weighted by molar-refractivity contribution is 0.0752. The molecule has 3 fully saturated rings. The molecule has 5 rings (SSSR count). The van der Waals surface area contributed by atoms with E-state index in [0.29, 0.717) is 5.92 Å². The molecule has 1 saturated carbocycles. The first-order chi connectivity index (χ1) is 14.9. The number of rotatable bonds is 7. The van der Waals surface area contributed by atoms with Gasteiger partial charge in [-0.15, -0.1) is 11.3 Å². The Hall–Kier alpha value is -1.24. The van der Waals surface area contributed by atoms with Crippen LogP contribution < -0.4 is 4.90 Å². The van der Waals surface area contributed by atoms with Crippen molar-refractivity contribution in [3.05, 3.63) is 17.1 Å². The van der Waals surface area contributed by atoms with Gasteiger partial charge < -0.3 is 14.5 Å². The summed E-state index contributed by atoms with van der Waals surface area (Å²) >= 11 is 1.81. The number of aromatic nitrogens is 2. The molecular formula is C24H36N4OS. The SMILES string of the molecule is c1sc2nc(N3CCC(COCCN4CCCC4)CC3)ncc2c1C1CCCCC1. The lowest BCUT2D eigenvalue weighted by Crippen LogP contribution is -2.36. The Balaban J connectivity index is 1.11. The summed E-state index contributed by atoms with van der Waals surface area (Å²) in [4.78, 5) is 15.8. The quantitative estimate of drug-likeness (QED) is 0.576. The van der Waals surface area contributed by atoms with Gasteiger partial charge in [-0.05, 0) is 74.4 Å². The van der Waals surface area contributed by atoms with Crippen molar-refractivity contribution in [3.63, 3.8) is 0 Å². The van der Waals surface area contributed by atoms with Crippen LogP contribution in [0.3, 0.4) is 0 Å². The van der Waals surface area contributed by atoms with Crippen LogP contribution in [0.15, 0.2) is 11.6 Å². The third-order valence-electron chi connectivity index (χ3n) is 7.40. The molecule has 2 aliphatic heterocycles. The van der Waals surface area contributed by atoms with E-state index in [4.69, 9.17) is 14.7 Å². The first-order valence-electron chi connectivity index (χ1n) is 12.2. The van der Waals surface area contributed by atoms with Crippen LogP contribution in [0.1, 0.15) is 69.3 Å². The highest BCUT2D eigenvalue weighted by Gasteiger charge is 2.23. The zero-order valence-electron chi connectivity index (χ0n) is 18.2. The van der Waals surface area contributed by atoms with E-state index in [9.17, 15) is 0 Å². The number of anilines is 1. The zero-order chi connectivity index (χ0) is 20.2. The summed E-state index contributed by atoms with van der Waals surface area (Å²) in [5, 5.41) is 3.65. The average molecular weight is 429 g/mol. The van der Waals surface area contributed by atoms with E-state index in [1.807, 2.05) is 11.3 Å². The summed E-state index contributed by atoms with van der Waals surface area (Å²) in [6, 6.07) is 0. The van der Waals surface area contributed by atoms with Crippen LogP contribution in [-0.4, -0.2) is 60.8 Å². The summed E-state index contributed by atoms with van der Waals surface area (Å²) in [6.45, 7) is 7.53. The van der Waals surface area contributed by atoms with Gasteiger partial charge in [-0.1, -0.05) is 19.3 Å². The van der Waals surface area contributed by atoms with Crippen LogP contribution in [0.5, 0.6) is 0 Å². The molecule has 0 unspecified atom stereocenters. The molecule has 30 heavy (non-hydrogen) atoms. The Morgan fingerprint density at radius 3 is 2.57 bits per heavy atom. The molecule has 2 aromatic rings. The molecule has 164 valence electrons. The third kappa shape index (κ3) is 4.81. The number of fused-ring (bicyclic) bond motifs is 1. The second-order valence-corrected chi connectivity index (χ2v) is 10.3. The number of hydrogen-bond acceptors (Lipinski definition) is 6. The highest BCUT2D eigenvalue weighted by atomic mass is 32.1. The first kappa shape index (κ1) is 20.7. The fraction of sp³-hybridized carbons (Fsp3) is 0.750. The van der Waals surface area contributed by atoms with Gasteiger partial charge in [0.2, 0.25) is 5.95 Å². The monoisotopic (exact) mass is 428 g/mol. The molecule has 0 atom stereocenters. The highest BCUT2D eigenvalue weighted by Crippen LogP contribution is 2.39. The standard InChI is InChI=1S/C24H36N4OS/c1-2-6-20(7-3-1)22-18-30-23-21(22)16-25-24(26-23)28-12-8-19(9-13-28)17-29-15-14-27-10-4-5-11-27/h16,18-20H,1-15,17H2. The van der Waals surface area contributed by atoms with E-state index in [1.165, 1.54) is 86.7 Å². The minimum Gasteiger partial charge on any atom is -0.380 e. The van der Waals surface area contributed by atoms with Gasteiger partial charge in [0.05, 0.1) is 6.61 Å². The number of hydrogen-bond donors (Lipinski definition) is 0. The molecule has 2 aromatic heterocycles. The van der Waals surface area contributed by atoms with Crippen molar-refractivity contribution in [1.29, 1.82) is 0 Å². The minimum atomic E-state index is 0.684. The smallest absolute Gasteiger partial charge is 0.226 e. The number of ether oxygens (including phenoxy) is 1. The third-order valence-corrected chi connectivity index (χ3v) is 8.30. The van der Waals surface area contributed by atoms with E-state index in [0.717, 1.165) is 44.7 Å². The molecule has 4 heterocycles. The van der Waals surface area contributed by atoms with E-state index in [-0.39, 0.29) is 0 Å². The lowest BCUT2D eigenvalue weighted by Gasteiger charge is -2.32. The Morgan fingerprint density at radius 2 is 1.77 bits per heavy atom. The fourth-order valence-corrected chi connectivity index (χ4v) is 6.45. The van der Waals surface area contributed by atoms with Crippen molar-refractivity contribution in [2.45, 2.75) is 63.7 Å². The molecule has 3 aliphatic rings. The maximum Gasteiger partial charge on any atom is 0.226 e. The van der Waals surface area contributed by atoms with Gasteiger partial charge in [0, 0.05) is 37.8 Å². The van der Waals surface area contributed by atoms with E-state index >= 15 is 0 Å². The van der Waals surface area contributed by atoms with Crippen molar-refractivity contribution < 1.29 is 4.74 Å². The number of piperidine rings is 1. The molecule has 5 nitrogen and oxygen atoms in total. The van der Waals surface area contributed by atoms with Crippen molar-refractivity contribution in [2.75, 3.05) is 50.8 Å². The van der Waals surface area contributed by atoms with Crippen LogP contribution in [-0.2, 0) is 4.74 Å². The first-order valence-corrected chi connectivity index (χ1v) is 13.0. The average Bonchev–Trinajstić information content (AvgIpc) is 3.47. The summed E-state index contributed by atoms with van der Waals surface area (Å²) in [6.07, 6.45) is 14.0. The van der Waals surface area contributed by atoms with Crippen LogP contribution in [0, 0.1) is 5.92 Å². The van der Waals surface area contributed by atoms with Gasteiger partial charge >= 0.3 is 0 Å². The highest BCUT2D eigenvalue weighted by molar-refractivity contribution is 7.16. The van der Waals surface area contributed by atoms with E-state index < -0.39 is 0 Å². The second kappa shape index (κ2) is 9.92. The summed E-state index contributed by atoms with van der Waals surface area (Å²) in [5.74, 6) is 2.33. The lowest BCUT2D eigenvalue weighted by atomic mass is 9.84. The maximum absolute atomic E-state index is 6.00. The normalized spacial score (nSPS) is 22.3. The summed E-state index contributed by atoms with van der Waals surface area (Å²) in [7, 11) is 0. The van der Waals surface area contributed by atoms with Crippen molar-refractivity contribution >= 4 is 27.5 Å². The maximum atomic E-state index is 6.00. The topological polar surface area (TPSA) is 41.5 Å². The predicted octanol–water partition coefficient (Wildman–Crippen LogP) is 5.07. The molecule has 2 saturated heterocycles. The molecule has 6 heteroatoms. The Bertz CT molecular complexity index is 805. The summed E-state index contributed by atoms with van der Waals surface area (Å²) < 4.78 is 6.00. The number of thiophene rings is 1. The van der Waals surface area contributed by atoms with Gasteiger partial charge in [-0.25, -0.2) is 9.97 Å². The van der Waals surface area contributed by atoms with Gasteiger partial charge in [0.25, 0.3) is 0 Å². The molecule has 0 amide bonds. The van der Waals surface area contributed by atoms with Crippen LogP contribution >= 0.6 is 11.3 Å². The van der Waals surface area contributed by atoms with Gasteiger partial charge in [0.1, 0.15) is 4.83 Å². The molecule has 0 bridgehead atoms. The van der Waals surface area contributed by atoms with Crippen molar-refractivity contribution in [1.82, 2.24) is 14.9 Å². The van der Waals surface area contributed by atoms with Crippen molar-refractivity contribution in [2.24, 2.45) is 5.92 Å². The minimum absolute atomic E-state index is 0.684. The number of likely N-dealkylation sites (tertiary alicyclic amines) is 1. The Labute approximate surface area is 184 Å². The zero-order valence-corrected chi connectivity index (χ0v) is 19.0. The molecule has 1 aliphatic carbocycles. The molecule has 0 spiro atoms. The molecular weight excluding hydrogens is 392 g/mol. The van der Waals surface area contributed by atoms with Crippen molar-refractivity contribution in [3.8, 4) is 0 Å². The Kier molecular flexibility index (Phi) is 6.83. The summed E-state index contributed by atoms with van der Waals surface area (Å²) in [5.41, 5.74) is 1.51. The second-order valence-electron chi connectivity index (χ2n) is 9.47. The predicted molar refractivity (Wildman–Crippen MR) is 125 cm³/mol. The largest absolute Gasteiger partial charge is 0.380 e. The Morgan fingerprint density at radius 1 is 0.967 bits per heavy atom. The molecule has 0 N–H and O–H groups in total. The van der Waals surface area contributed by atoms with Gasteiger partial charge in [-0.3, -0.25) is 0 Å². The van der Waals surface area contributed by atoms with Gasteiger partial charge in [-0.2, -0.15) is 0 Å². The van der Waals surface area contributed by atoms with E-state index in [2.05, 4.69) is 21.4 Å².